The average molecular weight is 341 g/mol. The van der Waals surface area contributed by atoms with E-state index in [2.05, 4.69) is 10.7 Å². The molecule has 2 rings (SSSR count). The Labute approximate surface area is 142 Å². The molecular weight excluding hydrogens is 314 g/mol. The van der Waals surface area contributed by atoms with Gasteiger partial charge in [0.15, 0.2) is 0 Å². The van der Waals surface area contributed by atoms with Crippen LogP contribution in [0.15, 0.2) is 0 Å². The number of imide groups is 1. The highest BCUT2D eigenvalue weighted by Gasteiger charge is 2.47. The molecular formula is C15H27N5O4. The Morgan fingerprint density at radius 3 is 2.75 bits per heavy atom. The molecule has 0 aromatic carbocycles. The standard InChI is InChI=1S/C15H27N5O4/c1-5-15(2)13(22)20(14(23)16-15)17-12(21)10-19-6-7-24-11(9-19)8-18(3)4/h11H,5-10H2,1-4H3,(H,16,23)(H,17,21)/t11-,15-/m1/s1. The van der Waals surface area contributed by atoms with E-state index >= 15 is 0 Å². The summed E-state index contributed by atoms with van der Waals surface area (Å²) in [6, 6.07) is -0.592. The van der Waals surface area contributed by atoms with Crippen molar-refractivity contribution in [3.63, 3.8) is 0 Å². The minimum atomic E-state index is -0.958. The highest BCUT2D eigenvalue weighted by Crippen LogP contribution is 2.19. The van der Waals surface area contributed by atoms with Gasteiger partial charge in [0.1, 0.15) is 5.54 Å². The summed E-state index contributed by atoms with van der Waals surface area (Å²) in [4.78, 5) is 40.4. The molecule has 0 aromatic heterocycles. The van der Waals surface area contributed by atoms with E-state index in [0.29, 0.717) is 26.1 Å². The third-order valence-electron chi connectivity index (χ3n) is 4.36. The van der Waals surface area contributed by atoms with Crippen molar-refractivity contribution in [2.24, 2.45) is 0 Å². The lowest BCUT2D eigenvalue weighted by atomic mass is 10.00. The Morgan fingerprint density at radius 1 is 1.46 bits per heavy atom. The number of ether oxygens (including phenoxy) is 1. The summed E-state index contributed by atoms with van der Waals surface area (Å²) in [6.45, 7) is 6.19. The van der Waals surface area contributed by atoms with Crippen LogP contribution in [-0.4, -0.2) is 91.2 Å². The Bertz CT molecular complexity index is 512. The molecule has 9 heteroatoms. The van der Waals surface area contributed by atoms with E-state index in [1.807, 2.05) is 30.8 Å². The third kappa shape index (κ3) is 4.22. The summed E-state index contributed by atoms with van der Waals surface area (Å²) in [7, 11) is 3.94. The second kappa shape index (κ2) is 7.45. The Hall–Kier alpha value is -1.71. The molecule has 0 radical (unpaired) electrons. The van der Waals surface area contributed by atoms with Crippen LogP contribution in [-0.2, 0) is 14.3 Å². The molecule has 2 aliphatic heterocycles. The number of rotatable bonds is 6. The van der Waals surface area contributed by atoms with Crippen LogP contribution in [0.4, 0.5) is 4.79 Å². The first-order valence-corrected chi connectivity index (χ1v) is 8.20. The zero-order valence-corrected chi connectivity index (χ0v) is 14.8. The fourth-order valence-electron chi connectivity index (χ4n) is 2.83. The maximum atomic E-state index is 12.3. The highest BCUT2D eigenvalue weighted by molar-refractivity contribution is 6.07. The van der Waals surface area contributed by atoms with Crippen molar-refractivity contribution in [1.82, 2.24) is 25.6 Å². The van der Waals surface area contributed by atoms with Gasteiger partial charge >= 0.3 is 6.03 Å². The molecule has 0 aliphatic carbocycles. The smallest absolute Gasteiger partial charge is 0.344 e. The first kappa shape index (κ1) is 18.6. The lowest BCUT2D eigenvalue weighted by Crippen LogP contribution is -2.53. The van der Waals surface area contributed by atoms with Crippen LogP contribution < -0.4 is 10.7 Å². The molecule has 2 saturated heterocycles. The van der Waals surface area contributed by atoms with Crippen molar-refractivity contribution in [2.75, 3.05) is 46.9 Å². The number of carbonyl (C=O) groups is 3. The molecule has 2 N–H and O–H groups in total. The molecule has 4 amide bonds. The van der Waals surface area contributed by atoms with E-state index in [9.17, 15) is 14.4 Å². The van der Waals surface area contributed by atoms with Crippen molar-refractivity contribution in [2.45, 2.75) is 31.9 Å². The van der Waals surface area contributed by atoms with Crippen LogP contribution in [0.25, 0.3) is 0 Å². The van der Waals surface area contributed by atoms with E-state index in [1.54, 1.807) is 6.92 Å². The van der Waals surface area contributed by atoms with Gasteiger partial charge < -0.3 is 15.0 Å². The van der Waals surface area contributed by atoms with Gasteiger partial charge in [0.2, 0.25) is 0 Å². The van der Waals surface area contributed by atoms with Gasteiger partial charge in [-0.3, -0.25) is 19.9 Å². The van der Waals surface area contributed by atoms with Gasteiger partial charge in [0.05, 0.1) is 19.3 Å². The van der Waals surface area contributed by atoms with Gasteiger partial charge in [-0.05, 0) is 27.4 Å². The normalized spacial score (nSPS) is 28.4. The molecule has 24 heavy (non-hydrogen) atoms. The fraction of sp³-hybridized carbons (Fsp3) is 0.800. The zero-order valence-electron chi connectivity index (χ0n) is 14.8. The largest absolute Gasteiger partial charge is 0.374 e. The minimum absolute atomic E-state index is 0.0432. The highest BCUT2D eigenvalue weighted by atomic mass is 16.5. The number of morpholine rings is 1. The molecule has 0 bridgehead atoms. The summed E-state index contributed by atoms with van der Waals surface area (Å²) >= 11 is 0. The van der Waals surface area contributed by atoms with Gasteiger partial charge in [-0.15, -0.1) is 0 Å². The topological polar surface area (TPSA) is 94.2 Å². The van der Waals surface area contributed by atoms with Gasteiger partial charge in [-0.1, -0.05) is 6.92 Å². The number of hydrazine groups is 1. The predicted octanol–water partition coefficient (Wildman–Crippen LogP) is -0.999. The molecule has 0 saturated carbocycles. The number of carbonyl (C=O) groups excluding carboxylic acids is 3. The van der Waals surface area contributed by atoms with Crippen LogP contribution in [0.2, 0.25) is 0 Å². The number of amides is 4. The second-order valence-corrected chi connectivity index (χ2v) is 6.78. The van der Waals surface area contributed by atoms with Crippen molar-refractivity contribution < 1.29 is 19.1 Å². The SMILES string of the molecule is CC[C@@]1(C)NC(=O)N(NC(=O)CN2CCO[C@H](CN(C)C)C2)C1=O. The number of likely N-dealkylation sites (N-methyl/N-ethyl adjacent to an activating group) is 1. The van der Waals surface area contributed by atoms with Crippen LogP contribution in [0.1, 0.15) is 20.3 Å². The Kier molecular flexibility index (Phi) is 5.79. The van der Waals surface area contributed by atoms with E-state index in [0.717, 1.165) is 11.6 Å². The second-order valence-electron chi connectivity index (χ2n) is 6.78. The third-order valence-corrected chi connectivity index (χ3v) is 4.36. The van der Waals surface area contributed by atoms with Crippen LogP contribution in [0.5, 0.6) is 0 Å². The van der Waals surface area contributed by atoms with Gasteiger partial charge in [0, 0.05) is 19.6 Å². The van der Waals surface area contributed by atoms with Crippen molar-refractivity contribution in [1.29, 1.82) is 0 Å². The average Bonchev–Trinajstić information content (AvgIpc) is 2.71. The van der Waals surface area contributed by atoms with E-state index < -0.39 is 17.5 Å². The maximum Gasteiger partial charge on any atom is 0.344 e. The van der Waals surface area contributed by atoms with Gasteiger partial charge in [-0.2, -0.15) is 5.01 Å². The first-order chi connectivity index (χ1) is 11.2. The molecule has 0 spiro atoms. The maximum absolute atomic E-state index is 12.3. The quantitative estimate of drug-likeness (QED) is 0.602. The lowest BCUT2D eigenvalue weighted by molar-refractivity contribution is -0.140. The van der Waals surface area contributed by atoms with Gasteiger partial charge in [0.25, 0.3) is 11.8 Å². The zero-order chi connectivity index (χ0) is 17.9. The Balaban J connectivity index is 1.87. The van der Waals surface area contributed by atoms with Crippen molar-refractivity contribution in [3.8, 4) is 0 Å². The van der Waals surface area contributed by atoms with Crippen LogP contribution in [0.3, 0.4) is 0 Å². The number of nitrogens with one attached hydrogen (secondary N) is 2. The van der Waals surface area contributed by atoms with E-state index in [-0.39, 0.29) is 18.6 Å². The minimum Gasteiger partial charge on any atom is -0.374 e. The fourth-order valence-corrected chi connectivity index (χ4v) is 2.83. The molecule has 9 nitrogen and oxygen atoms in total. The summed E-state index contributed by atoms with van der Waals surface area (Å²) in [5.41, 5.74) is 1.45. The lowest BCUT2D eigenvalue weighted by Gasteiger charge is -2.33. The van der Waals surface area contributed by atoms with Crippen molar-refractivity contribution in [3.05, 3.63) is 0 Å². The monoisotopic (exact) mass is 341 g/mol. The molecule has 2 heterocycles. The molecule has 0 aromatic rings. The summed E-state index contributed by atoms with van der Waals surface area (Å²) in [5, 5.41) is 3.38. The number of hydrogen-bond donors (Lipinski definition) is 2. The molecule has 2 fully saturated rings. The van der Waals surface area contributed by atoms with Crippen molar-refractivity contribution >= 4 is 17.8 Å². The summed E-state index contributed by atoms with van der Waals surface area (Å²) in [5.74, 6) is -0.819. The van der Waals surface area contributed by atoms with E-state index in [1.165, 1.54) is 0 Å². The van der Waals surface area contributed by atoms with Crippen LogP contribution in [0, 0.1) is 0 Å². The molecule has 2 atom stereocenters. The molecule has 0 unspecified atom stereocenters. The van der Waals surface area contributed by atoms with Gasteiger partial charge in [-0.25, -0.2) is 4.79 Å². The van der Waals surface area contributed by atoms with Crippen LogP contribution >= 0.6 is 0 Å². The predicted molar refractivity (Wildman–Crippen MR) is 87.0 cm³/mol. The molecule has 2 aliphatic rings. The number of hydrogen-bond acceptors (Lipinski definition) is 6. The molecule has 136 valence electrons. The van der Waals surface area contributed by atoms with E-state index in [4.69, 9.17) is 4.74 Å². The Morgan fingerprint density at radius 2 is 2.17 bits per heavy atom. The number of nitrogens with zero attached hydrogens (tertiary/aromatic N) is 3. The first-order valence-electron chi connectivity index (χ1n) is 8.20. The summed E-state index contributed by atoms with van der Waals surface area (Å²) in [6.07, 6.45) is 0.501. The summed E-state index contributed by atoms with van der Waals surface area (Å²) < 4.78 is 5.67. The number of urea groups is 1.